The third-order valence-corrected chi connectivity index (χ3v) is 0.924. The van der Waals surface area contributed by atoms with Crippen LogP contribution in [0.1, 0.15) is 0 Å². The van der Waals surface area contributed by atoms with E-state index in [1.807, 2.05) is 0 Å². The Morgan fingerprint density at radius 1 is 1.50 bits per heavy atom. The van der Waals surface area contributed by atoms with Gasteiger partial charge in [-0.05, 0) is 0 Å². The molecule has 0 N–H and O–H groups in total. The van der Waals surface area contributed by atoms with Crippen molar-refractivity contribution >= 4 is 12.4 Å². The number of rotatable bonds is 0. The first kappa shape index (κ1) is 6.98. The minimum atomic E-state index is -4.36. The van der Waals surface area contributed by atoms with Crippen LogP contribution in [-0.2, 0) is 0 Å². The molecule has 1 aliphatic rings. The molecule has 0 radical (unpaired) electrons. The summed E-state index contributed by atoms with van der Waals surface area (Å²) in [6, 6.07) is 0. The molecule has 1 aliphatic heterocycles. The van der Waals surface area contributed by atoms with Crippen LogP contribution in [0.2, 0.25) is 0 Å². The predicted octanol–water partition coefficient (Wildman–Crippen LogP) is 0.997. The zero-order valence-corrected chi connectivity index (χ0v) is 4.89. The minimum Gasteiger partial charge on any atom is -0.466 e. The smallest absolute Gasteiger partial charge is 0.373 e. The normalized spacial score (nSPS) is 17.9. The van der Waals surface area contributed by atoms with Gasteiger partial charge in [0.1, 0.15) is 6.67 Å². The van der Waals surface area contributed by atoms with Crippen molar-refractivity contribution in [3.05, 3.63) is 13.2 Å². The molecule has 0 fully saturated rings. The van der Waals surface area contributed by atoms with E-state index in [2.05, 4.69) is 11.7 Å². The van der Waals surface area contributed by atoms with Crippen LogP contribution in [0.3, 0.4) is 0 Å². The highest BCUT2D eigenvalue weighted by atomic mass is 19.4. The number of hydrogen-bond acceptors (Lipinski definition) is 1. The molecule has 0 aliphatic carbocycles. The first-order chi connectivity index (χ1) is 4.50. The van der Waals surface area contributed by atoms with Crippen molar-refractivity contribution in [1.29, 1.82) is 0 Å². The highest BCUT2D eigenvalue weighted by molar-refractivity contribution is 5.96. The van der Waals surface area contributed by atoms with Gasteiger partial charge in [0.2, 0.25) is 0 Å². The zero-order chi connectivity index (χ0) is 7.78. The second kappa shape index (κ2) is 1.93. The number of halogens is 3. The number of alkyl halides is 3. The Balaban J connectivity index is 2.69. The van der Waals surface area contributed by atoms with Crippen LogP contribution >= 0.6 is 0 Å². The maximum absolute atomic E-state index is 11.7. The molecule has 0 spiro atoms. The molecular weight excluding hydrogens is 145 g/mol. The first-order valence-electron chi connectivity index (χ1n) is 2.42. The Hall–Kier alpha value is -1.13. The molecule has 0 aromatic rings. The Bertz CT molecular complexity index is 192. The van der Waals surface area contributed by atoms with Gasteiger partial charge >= 0.3 is 6.18 Å². The SMILES string of the molecule is C=[N+]1[CH-]N=C(C(F)(F)F)[CH-]1. The van der Waals surface area contributed by atoms with Gasteiger partial charge in [0.15, 0.2) is 0 Å². The summed E-state index contributed by atoms with van der Waals surface area (Å²) in [5, 5.41) is 0. The fraction of sp³-hybridized carbons (Fsp3) is 0.200. The lowest BCUT2D eigenvalue weighted by molar-refractivity contribution is -0.416. The van der Waals surface area contributed by atoms with E-state index in [1.165, 1.54) is 0 Å². The van der Waals surface area contributed by atoms with E-state index in [-0.39, 0.29) is 0 Å². The van der Waals surface area contributed by atoms with Crippen molar-refractivity contribution in [3.63, 3.8) is 0 Å². The highest BCUT2D eigenvalue weighted by Crippen LogP contribution is 2.22. The molecule has 0 amide bonds. The van der Waals surface area contributed by atoms with Crippen molar-refractivity contribution in [3.8, 4) is 0 Å². The fourth-order valence-corrected chi connectivity index (χ4v) is 0.506. The van der Waals surface area contributed by atoms with Crippen LogP contribution in [-0.4, -0.2) is 23.2 Å². The lowest BCUT2D eigenvalue weighted by Gasteiger charge is -2.11. The van der Waals surface area contributed by atoms with Crippen molar-refractivity contribution < 1.29 is 17.7 Å². The molecule has 0 aromatic heterocycles. The zero-order valence-electron chi connectivity index (χ0n) is 4.89. The van der Waals surface area contributed by atoms with E-state index in [0.717, 1.165) is 17.8 Å². The summed E-state index contributed by atoms with van der Waals surface area (Å²) in [4.78, 5) is 3.06. The van der Waals surface area contributed by atoms with Gasteiger partial charge in [-0.2, -0.15) is 13.2 Å². The third-order valence-electron chi connectivity index (χ3n) is 0.924. The van der Waals surface area contributed by atoms with E-state index in [1.54, 1.807) is 0 Å². The molecule has 0 unspecified atom stereocenters. The molecule has 1 rings (SSSR count). The third kappa shape index (κ3) is 1.23. The van der Waals surface area contributed by atoms with Gasteiger partial charge in [-0.15, -0.1) is 6.72 Å². The van der Waals surface area contributed by atoms with Crippen LogP contribution in [0, 0.1) is 13.2 Å². The number of nitrogens with zero attached hydrogens (tertiary/aromatic N) is 2. The summed E-state index contributed by atoms with van der Waals surface area (Å²) < 4.78 is 36.1. The number of hydrogen-bond donors (Lipinski definition) is 0. The van der Waals surface area contributed by atoms with Gasteiger partial charge in [-0.1, -0.05) is 6.54 Å². The Labute approximate surface area is 55.7 Å². The van der Waals surface area contributed by atoms with Crippen LogP contribution in [0.4, 0.5) is 13.2 Å². The monoisotopic (exact) mass is 149 g/mol. The van der Waals surface area contributed by atoms with Gasteiger partial charge in [0.05, 0.1) is 5.71 Å². The molecule has 10 heavy (non-hydrogen) atoms. The van der Waals surface area contributed by atoms with E-state index in [4.69, 9.17) is 0 Å². The van der Waals surface area contributed by atoms with Crippen LogP contribution < -0.4 is 0 Å². The molecule has 2 nitrogen and oxygen atoms in total. The molecule has 5 heteroatoms. The topological polar surface area (TPSA) is 15.4 Å². The first-order valence-corrected chi connectivity index (χ1v) is 2.42. The Morgan fingerprint density at radius 3 is 2.30 bits per heavy atom. The van der Waals surface area contributed by atoms with E-state index in [0.29, 0.717) is 0 Å². The second-order valence-corrected chi connectivity index (χ2v) is 1.77. The maximum atomic E-state index is 11.7. The van der Waals surface area contributed by atoms with Crippen LogP contribution in [0.25, 0.3) is 0 Å². The predicted molar refractivity (Wildman–Crippen MR) is 29.5 cm³/mol. The van der Waals surface area contributed by atoms with E-state index < -0.39 is 11.9 Å². The van der Waals surface area contributed by atoms with Crippen LogP contribution in [0.15, 0.2) is 4.99 Å². The molecular formula is C5H4F3N2-. The number of aliphatic imine (C=N–C) groups is 1. The van der Waals surface area contributed by atoms with Gasteiger partial charge < -0.3 is 4.58 Å². The quantitative estimate of drug-likeness (QED) is 0.360. The summed E-state index contributed by atoms with van der Waals surface area (Å²) in [6.45, 7) is 5.03. The van der Waals surface area contributed by atoms with E-state index in [9.17, 15) is 13.2 Å². The average molecular weight is 149 g/mol. The lowest BCUT2D eigenvalue weighted by Crippen LogP contribution is -2.22. The fourth-order valence-electron chi connectivity index (χ4n) is 0.506. The standard InChI is InChI=1S/C5H4F3N2/c1-10-2-4(9-3-10)5(6,7)8/h2-3H,1H2/q-1. The van der Waals surface area contributed by atoms with Crippen molar-refractivity contribution in [2.24, 2.45) is 4.99 Å². The summed E-state index contributed by atoms with van der Waals surface area (Å²) in [5.74, 6) is 0. The summed E-state index contributed by atoms with van der Waals surface area (Å²) in [7, 11) is 0. The van der Waals surface area contributed by atoms with E-state index >= 15 is 0 Å². The van der Waals surface area contributed by atoms with Crippen molar-refractivity contribution in [2.75, 3.05) is 0 Å². The summed E-state index contributed by atoms with van der Waals surface area (Å²) in [6.07, 6.45) is -4.36. The van der Waals surface area contributed by atoms with Crippen molar-refractivity contribution in [1.82, 2.24) is 0 Å². The second-order valence-electron chi connectivity index (χ2n) is 1.77. The minimum absolute atomic E-state index is 0.819. The maximum Gasteiger partial charge on any atom is 0.373 e. The Morgan fingerprint density at radius 2 is 2.10 bits per heavy atom. The van der Waals surface area contributed by atoms with Gasteiger partial charge in [0.25, 0.3) is 0 Å². The van der Waals surface area contributed by atoms with Crippen LogP contribution in [0.5, 0.6) is 0 Å². The Kier molecular flexibility index (Phi) is 1.35. The summed E-state index contributed by atoms with van der Waals surface area (Å²) >= 11 is 0. The molecule has 0 aromatic carbocycles. The highest BCUT2D eigenvalue weighted by Gasteiger charge is 2.31. The average Bonchev–Trinajstić information content (AvgIpc) is 2.11. The molecule has 0 saturated heterocycles. The molecule has 1 heterocycles. The molecule has 56 valence electrons. The van der Waals surface area contributed by atoms with Gasteiger partial charge in [-0.25, -0.2) is 0 Å². The summed E-state index contributed by atoms with van der Waals surface area (Å²) in [5.41, 5.74) is -0.914. The van der Waals surface area contributed by atoms with Crippen molar-refractivity contribution in [2.45, 2.75) is 6.18 Å². The van der Waals surface area contributed by atoms with Gasteiger partial charge in [0, 0.05) is 0 Å². The molecule has 0 saturated carbocycles. The lowest BCUT2D eigenvalue weighted by atomic mass is 10.4. The molecule has 0 atom stereocenters. The van der Waals surface area contributed by atoms with Gasteiger partial charge in [-0.3, -0.25) is 4.99 Å². The largest absolute Gasteiger partial charge is 0.466 e. The molecule has 0 bridgehead atoms.